The van der Waals surface area contributed by atoms with E-state index in [2.05, 4.69) is 0 Å². The van der Waals surface area contributed by atoms with Gasteiger partial charge >= 0.3 is 5.97 Å². The molecule has 0 radical (unpaired) electrons. The fourth-order valence-corrected chi connectivity index (χ4v) is 4.05. The van der Waals surface area contributed by atoms with Crippen molar-refractivity contribution in [3.63, 3.8) is 0 Å². The van der Waals surface area contributed by atoms with Gasteiger partial charge in [0, 0.05) is 6.07 Å². The van der Waals surface area contributed by atoms with E-state index in [4.69, 9.17) is 18.6 Å². The highest BCUT2D eigenvalue weighted by molar-refractivity contribution is 5.79. The summed E-state index contributed by atoms with van der Waals surface area (Å²) in [4.78, 5) is 25.2. The predicted octanol–water partition coefficient (Wildman–Crippen LogP) is 5.85. The molecule has 0 saturated heterocycles. The molecule has 32 heavy (non-hydrogen) atoms. The third-order valence-electron chi connectivity index (χ3n) is 5.62. The summed E-state index contributed by atoms with van der Waals surface area (Å²) in [5.74, 6) is 0.743. The van der Waals surface area contributed by atoms with Crippen LogP contribution in [0.2, 0.25) is 0 Å². The first-order valence-electron chi connectivity index (χ1n) is 11.1. The molecule has 0 spiro atoms. The SMILES string of the molecule is Cc1cc(C)cc(Oc2coc3cc(O[C@@H](C)C(=O)OC4CCCCC4)ccc3c2=O)c1. The second-order valence-corrected chi connectivity index (χ2v) is 8.47. The summed E-state index contributed by atoms with van der Waals surface area (Å²) in [7, 11) is 0. The Balaban J connectivity index is 1.47. The minimum atomic E-state index is -0.756. The highest BCUT2D eigenvalue weighted by atomic mass is 16.6. The fraction of sp³-hybridized carbons (Fsp3) is 0.385. The molecule has 0 amide bonds. The van der Waals surface area contributed by atoms with Gasteiger partial charge in [-0.2, -0.15) is 0 Å². The summed E-state index contributed by atoms with van der Waals surface area (Å²) < 4.78 is 22.7. The molecule has 6 heteroatoms. The Labute approximate surface area is 187 Å². The van der Waals surface area contributed by atoms with Crippen LogP contribution in [0, 0.1) is 13.8 Å². The van der Waals surface area contributed by atoms with Gasteiger partial charge in [0.25, 0.3) is 0 Å². The lowest BCUT2D eigenvalue weighted by Gasteiger charge is -2.23. The topological polar surface area (TPSA) is 75.0 Å². The number of rotatable bonds is 6. The Morgan fingerprint density at radius 2 is 1.72 bits per heavy atom. The molecule has 1 saturated carbocycles. The molecular weight excluding hydrogens is 408 g/mol. The maximum Gasteiger partial charge on any atom is 0.347 e. The van der Waals surface area contributed by atoms with Crippen LogP contribution in [-0.4, -0.2) is 18.2 Å². The lowest BCUT2D eigenvalue weighted by molar-refractivity contribution is -0.158. The summed E-state index contributed by atoms with van der Waals surface area (Å²) >= 11 is 0. The molecule has 4 rings (SSSR count). The molecular formula is C26H28O6. The van der Waals surface area contributed by atoms with Crippen molar-refractivity contribution in [3.8, 4) is 17.2 Å². The van der Waals surface area contributed by atoms with E-state index >= 15 is 0 Å². The van der Waals surface area contributed by atoms with Crippen molar-refractivity contribution in [2.24, 2.45) is 0 Å². The van der Waals surface area contributed by atoms with Crippen LogP contribution in [0.15, 0.2) is 51.9 Å². The average Bonchev–Trinajstić information content (AvgIpc) is 2.76. The van der Waals surface area contributed by atoms with Crippen molar-refractivity contribution in [2.45, 2.75) is 65.1 Å². The van der Waals surface area contributed by atoms with Crippen LogP contribution in [0.3, 0.4) is 0 Å². The fourth-order valence-electron chi connectivity index (χ4n) is 4.05. The smallest absolute Gasteiger partial charge is 0.347 e. The number of fused-ring (bicyclic) bond motifs is 1. The van der Waals surface area contributed by atoms with Gasteiger partial charge in [-0.1, -0.05) is 12.5 Å². The van der Waals surface area contributed by atoms with Crippen LogP contribution < -0.4 is 14.9 Å². The third-order valence-corrected chi connectivity index (χ3v) is 5.62. The van der Waals surface area contributed by atoms with Crippen LogP contribution in [-0.2, 0) is 9.53 Å². The van der Waals surface area contributed by atoms with Gasteiger partial charge in [-0.3, -0.25) is 4.79 Å². The van der Waals surface area contributed by atoms with E-state index in [0.717, 1.165) is 36.8 Å². The van der Waals surface area contributed by atoms with Gasteiger partial charge < -0.3 is 18.6 Å². The molecule has 0 unspecified atom stereocenters. The van der Waals surface area contributed by atoms with Crippen LogP contribution in [0.25, 0.3) is 11.0 Å². The molecule has 3 aromatic rings. The molecule has 0 bridgehead atoms. The Morgan fingerprint density at radius 3 is 2.44 bits per heavy atom. The first-order chi connectivity index (χ1) is 15.4. The van der Waals surface area contributed by atoms with Crippen molar-refractivity contribution in [3.05, 3.63) is 64.0 Å². The van der Waals surface area contributed by atoms with Gasteiger partial charge in [0.1, 0.15) is 29.4 Å². The minimum Gasteiger partial charge on any atom is -0.479 e. The quantitative estimate of drug-likeness (QED) is 0.452. The largest absolute Gasteiger partial charge is 0.479 e. The van der Waals surface area contributed by atoms with Crippen LogP contribution in [0.1, 0.15) is 50.2 Å². The van der Waals surface area contributed by atoms with Crippen molar-refractivity contribution in [2.75, 3.05) is 0 Å². The molecule has 1 aromatic heterocycles. The summed E-state index contributed by atoms with van der Waals surface area (Å²) in [6.45, 7) is 5.60. The summed E-state index contributed by atoms with van der Waals surface area (Å²) in [6, 6.07) is 10.6. The highest BCUT2D eigenvalue weighted by Gasteiger charge is 2.23. The average molecular weight is 437 g/mol. The van der Waals surface area contributed by atoms with Gasteiger partial charge in [0.15, 0.2) is 6.10 Å². The first kappa shape index (κ1) is 21.9. The number of aryl methyl sites for hydroxylation is 2. The lowest BCUT2D eigenvalue weighted by atomic mass is 9.98. The van der Waals surface area contributed by atoms with E-state index < -0.39 is 6.10 Å². The number of esters is 1. The molecule has 1 atom stereocenters. The zero-order valence-electron chi connectivity index (χ0n) is 18.7. The Bertz CT molecular complexity index is 1150. The van der Waals surface area contributed by atoms with Gasteiger partial charge in [-0.15, -0.1) is 0 Å². The number of hydrogen-bond donors (Lipinski definition) is 0. The van der Waals surface area contributed by atoms with Crippen molar-refractivity contribution in [1.29, 1.82) is 0 Å². The molecule has 1 aliphatic rings. The van der Waals surface area contributed by atoms with Crippen molar-refractivity contribution in [1.82, 2.24) is 0 Å². The number of carbonyl (C=O) groups excluding carboxylic acids is 1. The molecule has 0 aliphatic heterocycles. The van der Waals surface area contributed by atoms with Gasteiger partial charge in [0.05, 0.1) is 5.39 Å². The van der Waals surface area contributed by atoms with E-state index in [0.29, 0.717) is 22.5 Å². The summed E-state index contributed by atoms with van der Waals surface area (Å²) in [6.07, 6.45) is 5.71. The first-order valence-corrected chi connectivity index (χ1v) is 11.1. The summed E-state index contributed by atoms with van der Waals surface area (Å²) in [5, 5.41) is 0.372. The van der Waals surface area contributed by atoms with Crippen molar-refractivity contribution >= 4 is 16.9 Å². The molecule has 1 aliphatic carbocycles. The van der Waals surface area contributed by atoms with Crippen LogP contribution in [0.4, 0.5) is 0 Å². The number of ether oxygens (including phenoxy) is 3. The van der Waals surface area contributed by atoms with E-state index in [1.165, 1.54) is 12.7 Å². The second kappa shape index (κ2) is 9.47. The van der Waals surface area contributed by atoms with E-state index in [1.807, 2.05) is 32.0 Å². The van der Waals surface area contributed by atoms with Crippen LogP contribution >= 0.6 is 0 Å². The molecule has 1 heterocycles. The predicted molar refractivity (Wildman–Crippen MR) is 122 cm³/mol. The molecule has 2 aromatic carbocycles. The van der Waals surface area contributed by atoms with E-state index in [-0.39, 0.29) is 23.3 Å². The number of carbonyl (C=O) groups is 1. The monoisotopic (exact) mass is 436 g/mol. The zero-order valence-corrected chi connectivity index (χ0v) is 18.7. The lowest BCUT2D eigenvalue weighted by Crippen LogP contribution is -2.31. The minimum absolute atomic E-state index is 0.0208. The Morgan fingerprint density at radius 1 is 1.00 bits per heavy atom. The molecule has 168 valence electrons. The zero-order chi connectivity index (χ0) is 22.7. The standard InChI is InChI=1S/C26H28O6/c1-16-11-17(2)13-21(12-16)31-24-15-29-23-14-20(9-10-22(23)25(24)27)30-18(3)26(28)32-19-7-5-4-6-8-19/h9-15,18-19H,4-8H2,1-3H3/t18-/m0/s1. The second-order valence-electron chi connectivity index (χ2n) is 8.47. The van der Waals surface area contributed by atoms with Gasteiger partial charge in [-0.25, -0.2) is 4.79 Å². The molecule has 1 fully saturated rings. The van der Waals surface area contributed by atoms with Crippen LogP contribution in [0.5, 0.6) is 17.2 Å². The van der Waals surface area contributed by atoms with E-state index in [9.17, 15) is 9.59 Å². The normalized spacial score (nSPS) is 15.3. The van der Waals surface area contributed by atoms with Gasteiger partial charge in [-0.05, 0) is 81.8 Å². The maximum atomic E-state index is 12.9. The highest BCUT2D eigenvalue weighted by Crippen LogP contribution is 2.26. The molecule has 6 nitrogen and oxygen atoms in total. The summed E-state index contributed by atoms with van der Waals surface area (Å²) in [5.41, 5.74) is 2.17. The third kappa shape index (κ3) is 5.13. The Hall–Kier alpha value is -3.28. The number of hydrogen-bond acceptors (Lipinski definition) is 6. The number of benzene rings is 2. The van der Waals surface area contributed by atoms with Gasteiger partial charge in [0.2, 0.25) is 11.2 Å². The molecule has 0 N–H and O–H groups in total. The van der Waals surface area contributed by atoms with E-state index in [1.54, 1.807) is 25.1 Å². The maximum absolute atomic E-state index is 12.9. The van der Waals surface area contributed by atoms with Crippen molar-refractivity contribution < 1.29 is 23.4 Å². The Kier molecular flexibility index (Phi) is 6.49.